The fraction of sp³-hybridized carbons (Fsp3) is 0.412. The fourth-order valence-electron chi connectivity index (χ4n) is 2.91. The second-order valence-electron chi connectivity index (χ2n) is 6.37. The van der Waals surface area contributed by atoms with E-state index in [0.717, 1.165) is 20.0 Å². The van der Waals surface area contributed by atoms with Gasteiger partial charge in [0, 0.05) is 9.58 Å². The van der Waals surface area contributed by atoms with Gasteiger partial charge in [0.2, 0.25) is 6.29 Å². The van der Waals surface area contributed by atoms with Crippen LogP contribution in [0, 0.1) is 0 Å². The number of ether oxygens (including phenoxy) is 1. The van der Waals surface area contributed by atoms with Gasteiger partial charge in [-0.1, -0.05) is 18.2 Å². The zero-order chi connectivity index (χ0) is 20.6. The number of amides is 2. The van der Waals surface area contributed by atoms with Crippen molar-refractivity contribution in [3.8, 4) is 0 Å². The number of nitrogens with zero attached hydrogens (tertiary/aromatic N) is 1. The van der Waals surface area contributed by atoms with Crippen molar-refractivity contribution in [1.82, 2.24) is 5.06 Å². The van der Waals surface area contributed by atoms with Gasteiger partial charge in [0.1, 0.15) is 18.3 Å². The molecule has 2 amide bonds. The van der Waals surface area contributed by atoms with Crippen LogP contribution in [0.2, 0.25) is 0 Å². The van der Waals surface area contributed by atoms with E-state index in [0.29, 0.717) is 0 Å². The summed E-state index contributed by atoms with van der Waals surface area (Å²) in [6.45, 7) is 1.63. The number of thiophene rings is 1. The van der Waals surface area contributed by atoms with Gasteiger partial charge >= 0.3 is 12.0 Å². The lowest BCUT2D eigenvalue weighted by Crippen LogP contribution is -2.61. The minimum Gasteiger partial charge on any atom is -0.479 e. The van der Waals surface area contributed by atoms with E-state index in [1.807, 2.05) is 30.3 Å². The molecular formula is C17H20N2O8S. The quantitative estimate of drug-likeness (QED) is 0.434. The predicted octanol–water partition coefficient (Wildman–Crippen LogP) is 0.167. The van der Waals surface area contributed by atoms with Gasteiger partial charge in [0.05, 0.1) is 6.04 Å². The molecule has 0 radical (unpaired) electrons. The Bertz CT molecular complexity index is 841. The zero-order valence-electron chi connectivity index (χ0n) is 14.7. The number of fused-ring (bicyclic) bond motifs is 1. The Morgan fingerprint density at radius 3 is 2.50 bits per heavy atom. The van der Waals surface area contributed by atoms with Crippen molar-refractivity contribution in [3.05, 3.63) is 35.2 Å². The van der Waals surface area contributed by atoms with Gasteiger partial charge in [-0.15, -0.1) is 11.3 Å². The molecule has 11 heteroatoms. The molecule has 2 heterocycles. The fourth-order valence-corrected chi connectivity index (χ4v) is 4.01. The number of aliphatic hydroxyl groups excluding tert-OH is 3. The second kappa shape index (κ2) is 7.99. The molecule has 10 nitrogen and oxygen atoms in total. The summed E-state index contributed by atoms with van der Waals surface area (Å²) in [5, 5.41) is 40.5. The standard InChI is InChI=1S/C17H20N2O8S/c1-7(10-6-8-4-2-3-5-9(8)28-10)19(17(18)25)27-16-13(22)11(20)12(21)14(26-16)15(23)24/h2-7,11-14,16,20-22H,1H3,(H2,18,25)(H,23,24)/t7-,11-,12-,13+,14-,16-/m0/s1. The van der Waals surface area contributed by atoms with E-state index in [4.69, 9.17) is 20.4 Å². The summed E-state index contributed by atoms with van der Waals surface area (Å²) in [6.07, 6.45) is -9.10. The van der Waals surface area contributed by atoms with Crippen molar-refractivity contribution in [1.29, 1.82) is 0 Å². The Morgan fingerprint density at radius 2 is 1.89 bits per heavy atom. The third-order valence-electron chi connectivity index (χ3n) is 4.46. The molecule has 6 atom stereocenters. The van der Waals surface area contributed by atoms with Crippen LogP contribution < -0.4 is 5.73 Å². The van der Waals surface area contributed by atoms with E-state index in [2.05, 4.69) is 0 Å². The number of carboxylic acid groups (broad SMARTS) is 1. The number of aliphatic hydroxyl groups is 3. The van der Waals surface area contributed by atoms with Crippen molar-refractivity contribution >= 4 is 33.4 Å². The van der Waals surface area contributed by atoms with Crippen molar-refractivity contribution in [2.24, 2.45) is 5.73 Å². The van der Waals surface area contributed by atoms with E-state index in [1.165, 1.54) is 11.3 Å². The van der Waals surface area contributed by atoms with Gasteiger partial charge < -0.3 is 30.9 Å². The number of nitrogens with two attached hydrogens (primary N) is 1. The molecule has 0 saturated carbocycles. The number of hydroxylamine groups is 2. The molecule has 0 spiro atoms. The van der Waals surface area contributed by atoms with Crippen LogP contribution in [0.5, 0.6) is 0 Å². The summed E-state index contributed by atoms with van der Waals surface area (Å²) in [5.74, 6) is -1.56. The number of urea groups is 1. The summed E-state index contributed by atoms with van der Waals surface area (Å²) in [7, 11) is 0. The summed E-state index contributed by atoms with van der Waals surface area (Å²) in [5.41, 5.74) is 5.39. The van der Waals surface area contributed by atoms with E-state index in [9.17, 15) is 24.9 Å². The Kier molecular flexibility index (Phi) is 5.84. The lowest BCUT2D eigenvalue weighted by Gasteiger charge is -2.40. The van der Waals surface area contributed by atoms with Crippen LogP contribution in [0.1, 0.15) is 17.8 Å². The Morgan fingerprint density at radius 1 is 1.21 bits per heavy atom. The summed E-state index contributed by atoms with van der Waals surface area (Å²) >= 11 is 1.40. The summed E-state index contributed by atoms with van der Waals surface area (Å²) < 4.78 is 6.02. The number of hydrogen-bond acceptors (Lipinski definition) is 8. The highest BCUT2D eigenvalue weighted by Crippen LogP contribution is 2.34. The van der Waals surface area contributed by atoms with Gasteiger partial charge in [-0.25, -0.2) is 14.4 Å². The number of benzene rings is 1. The van der Waals surface area contributed by atoms with E-state index < -0.39 is 48.7 Å². The first-order chi connectivity index (χ1) is 13.2. The van der Waals surface area contributed by atoms with Gasteiger partial charge in [-0.2, -0.15) is 5.06 Å². The first-order valence-corrected chi connectivity index (χ1v) is 9.18. The Hall–Kier alpha value is -2.28. The molecule has 3 rings (SSSR count). The first-order valence-electron chi connectivity index (χ1n) is 8.37. The average molecular weight is 412 g/mol. The van der Waals surface area contributed by atoms with Gasteiger partial charge in [-0.3, -0.25) is 0 Å². The van der Waals surface area contributed by atoms with Crippen LogP contribution in [-0.4, -0.2) is 68.2 Å². The summed E-state index contributed by atoms with van der Waals surface area (Å²) in [4.78, 5) is 29.2. The molecular weight excluding hydrogens is 392 g/mol. The highest BCUT2D eigenvalue weighted by molar-refractivity contribution is 7.19. The van der Waals surface area contributed by atoms with Crippen molar-refractivity contribution in [2.75, 3.05) is 0 Å². The molecule has 152 valence electrons. The molecule has 1 fully saturated rings. The topological polar surface area (TPSA) is 163 Å². The second-order valence-corrected chi connectivity index (χ2v) is 7.48. The van der Waals surface area contributed by atoms with Crippen LogP contribution in [0.3, 0.4) is 0 Å². The maximum Gasteiger partial charge on any atom is 0.339 e. The molecule has 1 saturated heterocycles. The van der Waals surface area contributed by atoms with E-state index >= 15 is 0 Å². The minimum absolute atomic E-state index is 0.696. The summed E-state index contributed by atoms with van der Waals surface area (Å²) in [6, 6.07) is 7.71. The third kappa shape index (κ3) is 3.81. The van der Waals surface area contributed by atoms with E-state index in [-0.39, 0.29) is 0 Å². The SMILES string of the molecule is C[C@@H](c1cc2ccccc2s1)N(O[C@@H]1O[C@H](C(=O)O)[C@@H](O)[C@H](O)[C@H]1O)C(N)=O. The smallest absolute Gasteiger partial charge is 0.339 e. The van der Waals surface area contributed by atoms with Crippen molar-refractivity contribution in [2.45, 2.75) is 43.7 Å². The van der Waals surface area contributed by atoms with Crippen molar-refractivity contribution < 1.29 is 39.6 Å². The molecule has 1 aromatic heterocycles. The minimum atomic E-state index is -1.87. The number of hydrogen-bond donors (Lipinski definition) is 5. The molecule has 1 aromatic carbocycles. The normalized spacial score (nSPS) is 28.8. The number of carbonyl (C=O) groups excluding carboxylic acids is 1. The van der Waals surface area contributed by atoms with Crippen LogP contribution >= 0.6 is 11.3 Å². The van der Waals surface area contributed by atoms with Crippen LogP contribution in [0.4, 0.5) is 4.79 Å². The number of carboxylic acids is 1. The van der Waals surface area contributed by atoms with Gasteiger partial charge in [0.15, 0.2) is 6.10 Å². The molecule has 1 aliphatic rings. The number of rotatable bonds is 5. The van der Waals surface area contributed by atoms with E-state index in [1.54, 1.807) is 6.92 Å². The third-order valence-corrected chi connectivity index (χ3v) is 5.74. The molecule has 0 aliphatic carbocycles. The molecule has 1 aliphatic heterocycles. The highest BCUT2D eigenvalue weighted by atomic mass is 32.1. The Balaban J connectivity index is 1.83. The molecule has 0 unspecified atom stereocenters. The van der Waals surface area contributed by atoms with Crippen molar-refractivity contribution in [3.63, 3.8) is 0 Å². The maximum absolute atomic E-state index is 11.9. The van der Waals surface area contributed by atoms with Gasteiger partial charge in [0.25, 0.3) is 0 Å². The first kappa shape index (κ1) is 20.5. The largest absolute Gasteiger partial charge is 0.479 e. The van der Waals surface area contributed by atoms with Crippen LogP contribution in [0.25, 0.3) is 10.1 Å². The maximum atomic E-state index is 11.9. The number of aliphatic carboxylic acids is 1. The lowest BCUT2D eigenvalue weighted by atomic mass is 9.99. The predicted molar refractivity (Wildman–Crippen MR) is 97.1 cm³/mol. The zero-order valence-corrected chi connectivity index (χ0v) is 15.5. The number of primary amides is 1. The molecule has 28 heavy (non-hydrogen) atoms. The number of carbonyl (C=O) groups is 2. The molecule has 2 aromatic rings. The monoisotopic (exact) mass is 412 g/mol. The molecule has 0 bridgehead atoms. The van der Waals surface area contributed by atoms with Crippen LogP contribution in [-0.2, 0) is 14.4 Å². The average Bonchev–Trinajstić information content (AvgIpc) is 3.08. The van der Waals surface area contributed by atoms with Gasteiger partial charge in [-0.05, 0) is 24.4 Å². The van der Waals surface area contributed by atoms with Crippen LogP contribution in [0.15, 0.2) is 30.3 Å². The lowest BCUT2D eigenvalue weighted by molar-refractivity contribution is -0.348. The Labute approximate surface area is 163 Å². The molecule has 6 N–H and O–H groups in total. The highest BCUT2D eigenvalue weighted by Gasteiger charge is 2.49.